The standard InChI is InChI=1S/C21H26N2O3/c1-17(26-20-9-3-2-4-10-20)21(24)22-15-18-7-5-6-8-19(18)16-23-11-13-25-14-12-23/h2-10,17H,11-16H2,1H3,(H,22,24)/t17-/m0/s1. The molecule has 1 heterocycles. The van der Waals surface area contributed by atoms with Crippen LogP contribution in [0.3, 0.4) is 0 Å². The lowest BCUT2D eigenvalue weighted by atomic mass is 10.1. The van der Waals surface area contributed by atoms with E-state index < -0.39 is 6.10 Å². The number of rotatable bonds is 7. The van der Waals surface area contributed by atoms with Gasteiger partial charge in [0.05, 0.1) is 13.2 Å². The second-order valence-electron chi connectivity index (χ2n) is 6.45. The molecular weight excluding hydrogens is 328 g/mol. The summed E-state index contributed by atoms with van der Waals surface area (Å²) in [5, 5.41) is 2.99. The second kappa shape index (κ2) is 9.36. The fourth-order valence-corrected chi connectivity index (χ4v) is 2.97. The maximum absolute atomic E-state index is 12.4. The normalized spacial score (nSPS) is 16.0. The molecule has 3 rings (SSSR count). The first-order valence-electron chi connectivity index (χ1n) is 9.08. The van der Waals surface area contributed by atoms with E-state index in [9.17, 15) is 4.79 Å². The van der Waals surface area contributed by atoms with Gasteiger partial charge in [0.15, 0.2) is 6.10 Å². The van der Waals surface area contributed by atoms with Gasteiger partial charge in [-0.2, -0.15) is 0 Å². The van der Waals surface area contributed by atoms with Crippen LogP contribution in [0.15, 0.2) is 54.6 Å². The summed E-state index contributed by atoms with van der Waals surface area (Å²) in [7, 11) is 0. The van der Waals surface area contributed by atoms with Crippen LogP contribution >= 0.6 is 0 Å². The molecule has 1 N–H and O–H groups in total. The maximum Gasteiger partial charge on any atom is 0.261 e. The number of hydrogen-bond acceptors (Lipinski definition) is 4. The smallest absolute Gasteiger partial charge is 0.261 e. The highest BCUT2D eigenvalue weighted by molar-refractivity contribution is 5.80. The summed E-state index contributed by atoms with van der Waals surface area (Å²) in [5.74, 6) is 0.581. The predicted octanol–water partition coefficient (Wildman–Crippen LogP) is 2.60. The molecule has 0 bridgehead atoms. The summed E-state index contributed by atoms with van der Waals surface area (Å²) in [4.78, 5) is 14.7. The van der Waals surface area contributed by atoms with E-state index in [2.05, 4.69) is 22.3 Å². The number of benzene rings is 2. The zero-order valence-corrected chi connectivity index (χ0v) is 15.2. The Morgan fingerprint density at radius 3 is 2.46 bits per heavy atom. The summed E-state index contributed by atoms with van der Waals surface area (Å²) < 4.78 is 11.1. The number of nitrogens with one attached hydrogen (secondary N) is 1. The first-order chi connectivity index (χ1) is 12.7. The average Bonchev–Trinajstić information content (AvgIpc) is 2.68. The third-order valence-corrected chi connectivity index (χ3v) is 4.49. The molecule has 0 saturated carbocycles. The van der Waals surface area contributed by atoms with Crippen molar-refractivity contribution in [3.63, 3.8) is 0 Å². The number of para-hydroxylation sites is 1. The van der Waals surface area contributed by atoms with Gasteiger partial charge in [0.1, 0.15) is 5.75 Å². The monoisotopic (exact) mass is 354 g/mol. The summed E-state index contributed by atoms with van der Waals surface area (Å²) in [6.07, 6.45) is -0.538. The van der Waals surface area contributed by atoms with Crippen LogP contribution in [0.2, 0.25) is 0 Å². The van der Waals surface area contributed by atoms with Gasteiger partial charge in [0.2, 0.25) is 0 Å². The highest BCUT2D eigenvalue weighted by Gasteiger charge is 2.16. The number of morpholine rings is 1. The van der Waals surface area contributed by atoms with Gasteiger partial charge in [0, 0.05) is 26.2 Å². The van der Waals surface area contributed by atoms with Gasteiger partial charge in [-0.25, -0.2) is 0 Å². The molecule has 0 aromatic heterocycles. The van der Waals surface area contributed by atoms with E-state index in [1.54, 1.807) is 6.92 Å². The minimum Gasteiger partial charge on any atom is -0.481 e. The highest BCUT2D eigenvalue weighted by atomic mass is 16.5. The molecule has 1 aliphatic rings. The van der Waals surface area contributed by atoms with Crippen LogP contribution in [0.1, 0.15) is 18.1 Å². The third-order valence-electron chi connectivity index (χ3n) is 4.49. The molecule has 5 heteroatoms. The largest absolute Gasteiger partial charge is 0.481 e. The van der Waals surface area contributed by atoms with Crippen molar-refractivity contribution in [3.05, 3.63) is 65.7 Å². The zero-order chi connectivity index (χ0) is 18.2. The van der Waals surface area contributed by atoms with Crippen LogP contribution in [-0.2, 0) is 22.6 Å². The van der Waals surface area contributed by atoms with Crippen molar-refractivity contribution in [1.29, 1.82) is 0 Å². The minimum atomic E-state index is -0.538. The van der Waals surface area contributed by atoms with Gasteiger partial charge in [-0.15, -0.1) is 0 Å². The van der Waals surface area contributed by atoms with Gasteiger partial charge in [-0.05, 0) is 30.2 Å². The van der Waals surface area contributed by atoms with Crippen LogP contribution in [0.4, 0.5) is 0 Å². The fraction of sp³-hybridized carbons (Fsp3) is 0.381. The van der Waals surface area contributed by atoms with E-state index in [0.29, 0.717) is 12.3 Å². The molecule has 1 atom stereocenters. The van der Waals surface area contributed by atoms with Crippen molar-refractivity contribution in [1.82, 2.24) is 10.2 Å². The van der Waals surface area contributed by atoms with Crippen molar-refractivity contribution in [2.45, 2.75) is 26.1 Å². The number of nitrogens with zero attached hydrogens (tertiary/aromatic N) is 1. The summed E-state index contributed by atoms with van der Waals surface area (Å²) >= 11 is 0. The SMILES string of the molecule is C[C@H](Oc1ccccc1)C(=O)NCc1ccccc1CN1CCOCC1. The zero-order valence-electron chi connectivity index (χ0n) is 15.2. The third kappa shape index (κ3) is 5.31. The Bertz CT molecular complexity index is 699. The molecule has 5 nitrogen and oxygen atoms in total. The van der Waals surface area contributed by atoms with Crippen molar-refractivity contribution in [2.24, 2.45) is 0 Å². The van der Waals surface area contributed by atoms with Gasteiger partial charge in [0.25, 0.3) is 5.91 Å². The molecule has 0 aliphatic carbocycles. The molecule has 1 saturated heterocycles. The number of carbonyl (C=O) groups is 1. The van der Waals surface area contributed by atoms with Gasteiger partial charge >= 0.3 is 0 Å². The molecule has 26 heavy (non-hydrogen) atoms. The Balaban J connectivity index is 1.54. The number of carbonyl (C=O) groups excluding carboxylic acids is 1. The molecule has 2 aromatic carbocycles. The summed E-state index contributed by atoms with van der Waals surface area (Å²) in [5.41, 5.74) is 2.38. The topological polar surface area (TPSA) is 50.8 Å². The van der Waals surface area contributed by atoms with E-state index in [0.717, 1.165) is 38.4 Å². The Morgan fingerprint density at radius 1 is 1.08 bits per heavy atom. The number of ether oxygens (including phenoxy) is 2. The minimum absolute atomic E-state index is 0.116. The van der Waals surface area contributed by atoms with Crippen molar-refractivity contribution in [2.75, 3.05) is 26.3 Å². The molecule has 0 unspecified atom stereocenters. The van der Waals surface area contributed by atoms with Crippen molar-refractivity contribution >= 4 is 5.91 Å². The summed E-state index contributed by atoms with van der Waals surface area (Å²) in [6.45, 7) is 6.61. The van der Waals surface area contributed by atoms with Gasteiger partial charge < -0.3 is 14.8 Å². The maximum atomic E-state index is 12.4. The highest BCUT2D eigenvalue weighted by Crippen LogP contribution is 2.14. The second-order valence-corrected chi connectivity index (χ2v) is 6.45. The van der Waals surface area contributed by atoms with Crippen LogP contribution in [0, 0.1) is 0 Å². The number of amides is 1. The number of hydrogen-bond donors (Lipinski definition) is 1. The molecule has 138 valence electrons. The van der Waals surface area contributed by atoms with E-state index >= 15 is 0 Å². The molecule has 0 spiro atoms. The quantitative estimate of drug-likeness (QED) is 0.830. The van der Waals surface area contributed by atoms with E-state index in [-0.39, 0.29) is 5.91 Å². The lowest BCUT2D eigenvalue weighted by Crippen LogP contribution is -2.37. The lowest BCUT2D eigenvalue weighted by molar-refractivity contribution is -0.127. The van der Waals surface area contributed by atoms with Gasteiger partial charge in [-0.1, -0.05) is 42.5 Å². The Labute approximate surface area is 154 Å². The first-order valence-corrected chi connectivity index (χ1v) is 9.08. The van der Waals surface area contributed by atoms with Gasteiger partial charge in [-0.3, -0.25) is 9.69 Å². The molecule has 1 aliphatic heterocycles. The van der Waals surface area contributed by atoms with Crippen molar-refractivity contribution < 1.29 is 14.3 Å². The van der Waals surface area contributed by atoms with E-state index in [1.807, 2.05) is 42.5 Å². The Hall–Kier alpha value is -2.37. The molecule has 1 amide bonds. The average molecular weight is 354 g/mol. The summed E-state index contributed by atoms with van der Waals surface area (Å²) in [6, 6.07) is 17.6. The van der Waals surface area contributed by atoms with Crippen LogP contribution < -0.4 is 10.1 Å². The molecule has 2 aromatic rings. The predicted molar refractivity (Wildman–Crippen MR) is 101 cm³/mol. The molecule has 1 fully saturated rings. The van der Waals surface area contributed by atoms with Crippen LogP contribution in [-0.4, -0.2) is 43.2 Å². The first kappa shape index (κ1) is 18.4. The van der Waals surface area contributed by atoms with Crippen LogP contribution in [0.25, 0.3) is 0 Å². The lowest BCUT2D eigenvalue weighted by Gasteiger charge is -2.27. The van der Waals surface area contributed by atoms with Crippen LogP contribution in [0.5, 0.6) is 5.75 Å². The fourth-order valence-electron chi connectivity index (χ4n) is 2.97. The van der Waals surface area contributed by atoms with E-state index in [1.165, 1.54) is 5.56 Å². The van der Waals surface area contributed by atoms with Crippen molar-refractivity contribution in [3.8, 4) is 5.75 Å². The molecule has 0 radical (unpaired) electrons. The Kier molecular flexibility index (Phi) is 6.63. The molecular formula is C21H26N2O3. The van der Waals surface area contributed by atoms with E-state index in [4.69, 9.17) is 9.47 Å². The Morgan fingerprint density at radius 2 is 1.73 bits per heavy atom.